The lowest BCUT2D eigenvalue weighted by Gasteiger charge is -2.35. The molecule has 1 fully saturated rings. The molecular formula is C20H28N2O5S. The monoisotopic (exact) mass is 408 g/mol. The fourth-order valence-corrected chi connectivity index (χ4v) is 4.08. The number of ether oxygens (including phenoxy) is 1. The summed E-state index contributed by atoms with van der Waals surface area (Å²) in [4.78, 5) is 40.6. The SMILES string of the molecule is CS(C)(C)CCOCN1C(=O)CCC(N2Cc3cc(CO)ccc3C2=O)C1=O. The van der Waals surface area contributed by atoms with Crippen molar-refractivity contribution >= 4 is 27.7 Å². The van der Waals surface area contributed by atoms with Gasteiger partial charge in [0.2, 0.25) is 5.91 Å². The van der Waals surface area contributed by atoms with Gasteiger partial charge in [0.15, 0.2) is 0 Å². The molecule has 8 heteroatoms. The molecule has 1 saturated heterocycles. The number of fused-ring (bicyclic) bond motifs is 1. The fraction of sp³-hybridized carbons (Fsp3) is 0.550. The molecule has 1 unspecified atom stereocenters. The molecule has 28 heavy (non-hydrogen) atoms. The molecule has 1 N–H and O–H groups in total. The van der Waals surface area contributed by atoms with Crippen molar-refractivity contribution in [3.63, 3.8) is 0 Å². The first-order valence-electron chi connectivity index (χ1n) is 9.33. The molecule has 0 aliphatic carbocycles. The van der Waals surface area contributed by atoms with Crippen molar-refractivity contribution in [2.45, 2.75) is 32.0 Å². The summed E-state index contributed by atoms with van der Waals surface area (Å²) in [7, 11) is -0.706. The molecular weight excluding hydrogens is 380 g/mol. The first kappa shape index (κ1) is 20.8. The van der Waals surface area contributed by atoms with Crippen molar-refractivity contribution in [3.8, 4) is 0 Å². The lowest BCUT2D eigenvalue weighted by atomic mass is 10.0. The van der Waals surface area contributed by atoms with Gasteiger partial charge in [-0.3, -0.25) is 19.3 Å². The van der Waals surface area contributed by atoms with Gasteiger partial charge in [-0.25, -0.2) is 10.0 Å². The lowest BCUT2D eigenvalue weighted by molar-refractivity contribution is -0.158. The number of aliphatic hydroxyl groups excluding tert-OH is 1. The maximum absolute atomic E-state index is 12.9. The lowest BCUT2D eigenvalue weighted by Crippen LogP contribution is -2.55. The largest absolute Gasteiger partial charge is 0.392 e. The molecule has 2 aliphatic rings. The first-order valence-corrected chi connectivity index (χ1v) is 12.4. The van der Waals surface area contributed by atoms with E-state index in [0.717, 1.165) is 21.8 Å². The number of carbonyl (C=O) groups excluding carboxylic acids is 3. The summed E-state index contributed by atoms with van der Waals surface area (Å²) >= 11 is 0. The van der Waals surface area contributed by atoms with E-state index in [4.69, 9.17) is 4.74 Å². The molecule has 1 aromatic carbocycles. The van der Waals surface area contributed by atoms with Crippen LogP contribution in [0.3, 0.4) is 0 Å². The Kier molecular flexibility index (Phi) is 6.12. The van der Waals surface area contributed by atoms with Gasteiger partial charge in [-0.15, -0.1) is 0 Å². The zero-order valence-electron chi connectivity index (χ0n) is 16.6. The van der Waals surface area contributed by atoms with Crippen LogP contribution in [0.4, 0.5) is 0 Å². The van der Waals surface area contributed by atoms with Crippen LogP contribution in [0.5, 0.6) is 0 Å². The van der Waals surface area contributed by atoms with Crippen molar-refractivity contribution < 1.29 is 24.2 Å². The van der Waals surface area contributed by atoms with E-state index >= 15 is 0 Å². The average Bonchev–Trinajstić information content (AvgIpc) is 2.96. The minimum Gasteiger partial charge on any atom is -0.392 e. The van der Waals surface area contributed by atoms with Gasteiger partial charge < -0.3 is 14.7 Å². The van der Waals surface area contributed by atoms with Crippen molar-refractivity contribution in [3.05, 3.63) is 34.9 Å². The highest BCUT2D eigenvalue weighted by Crippen LogP contribution is 2.34. The van der Waals surface area contributed by atoms with E-state index in [1.54, 1.807) is 18.2 Å². The Balaban J connectivity index is 1.67. The Labute approximate surface area is 167 Å². The number of aliphatic hydroxyl groups is 1. The van der Waals surface area contributed by atoms with Gasteiger partial charge in [0.05, 0.1) is 13.2 Å². The summed E-state index contributed by atoms with van der Waals surface area (Å²) in [6.07, 6.45) is 7.09. The summed E-state index contributed by atoms with van der Waals surface area (Å²) in [5.41, 5.74) is 2.09. The number of piperidine rings is 1. The topological polar surface area (TPSA) is 87.2 Å². The molecule has 0 bridgehead atoms. The van der Waals surface area contributed by atoms with Crippen LogP contribution in [-0.2, 0) is 27.5 Å². The van der Waals surface area contributed by atoms with Gasteiger partial charge in [0, 0.05) is 24.3 Å². The summed E-state index contributed by atoms with van der Waals surface area (Å²) in [5.74, 6) is 0.0723. The zero-order chi connectivity index (χ0) is 20.5. The van der Waals surface area contributed by atoms with Crippen LogP contribution < -0.4 is 0 Å². The third-order valence-corrected chi connectivity index (χ3v) is 6.50. The van der Waals surface area contributed by atoms with E-state index in [1.807, 2.05) is 0 Å². The predicted octanol–water partition coefficient (Wildman–Crippen LogP) is 1.32. The molecule has 0 radical (unpaired) electrons. The molecule has 3 amide bonds. The number of rotatable bonds is 7. The number of nitrogens with zero attached hydrogens (tertiary/aromatic N) is 2. The molecule has 0 saturated carbocycles. The predicted molar refractivity (Wildman–Crippen MR) is 108 cm³/mol. The average molecular weight is 409 g/mol. The maximum Gasteiger partial charge on any atom is 0.255 e. The van der Waals surface area contributed by atoms with E-state index in [-0.39, 0.29) is 37.5 Å². The minimum atomic E-state index is -0.706. The van der Waals surface area contributed by atoms with E-state index < -0.39 is 16.1 Å². The molecule has 0 spiro atoms. The zero-order valence-corrected chi connectivity index (χ0v) is 17.5. The van der Waals surface area contributed by atoms with Crippen molar-refractivity contribution in [1.29, 1.82) is 0 Å². The number of likely N-dealkylation sites (tertiary alicyclic amines) is 1. The van der Waals surface area contributed by atoms with Crippen LogP contribution in [0, 0.1) is 0 Å². The van der Waals surface area contributed by atoms with Gasteiger partial charge in [0.1, 0.15) is 12.8 Å². The Hall–Kier alpha value is -1.90. The van der Waals surface area contributed by atoms with Gasteiger partial charge >= 0.3 is 0 Å². The number of amides is 3. The Morgan fingerprint density at radius 3 is 2.64 bits per heavy atom. The second-order valence-electron chi connectivity index (χ2n) is 8.13. The number of imide groups is 1. The van der Waals surface area contributed by atoms with Gasteiger partial charge in [-0.05, 0) is 42.4 Å². The minimum absolute atomic E-state index is 0.0622. The molecule has 1 aromatic rings. The number of hydrogen-bond acceptors (Lipinski definition) is 5. The van der Waals surface area contributed by atoms with Crippen molar-refractivity contribution in [2.24, 2.45) is 0 Å². The molecule has 154 valence electrons. The smallest absolute Gasteiger partial charge is 0.255 e. The Morgan fingerprint density at radius 2 is 1.96 bits per heavy atom. The molecule has 3 rings (SSSR count). The van der Waals surface area contributed by atoms with Gasteiger partial charge in [-0.2, -0.15) is 0 Å². The van der Waals surface area contributed by atoms with E-state index in [0.29, 0.717) is 25.1 Å². The Bertz CT molecular complexity index is 789. The third-order valence-electron chi connectivity index (χ3n) is 5.10. The molecule has 2 heterocycles. The number of hydrogen-bond donors (Lipinski definition) is 1. The second kappa shape index (κ2) is 8.23. The summed E-state index contributed by atoms with van der Waals surface area (Å²) in [6, 6.07) is 4.54. The van der Waals surface area contributed by atoms with E-state index in [9.17, 15) is 19.5 Å². The normalized spacial score (nSPS) is 20.7. The van der Waals surface area contributed by atoms with E-state index in [2.05, 4.69) is 18.8 Å². The summed E-state index contributed by atoms with van der Waals surface area (Å²) in [5, 5.41) is 9.30. The number of carbonyl (C=O) groups is 3. The van der Waals surface area contributed by atoms with Crippen LogP contribution in [0.1, 0.15) is 34.3 Å². The second-order valence-corrected chi connectivity index (χ2v) is 12.7. The van der Waals surface area contributed by atoms with Crippen molar-refractivity contribution in [1.82, 2.24) is 9.80 Å². The van der Waals surface area contributed by atoms with E-state index in [1.165, 1.54) is 4.90 Å². The van der Waals surface area contributed by atoms with Crippen molar-refractivity contribution in [2.75, 3.05) is 37.9 Å². The highest BCUT2D eigenvalue weighted by atomic mass is 32.3. The summed E-state index contributed by atoms with van der Waals surface area (Å²) in [6.45, 7) is 0.653. The summed E-state index contributed by atoms with van der Waals surface area (Å²) < 4.78 is 5.59. The fourth-order valence-electron chi connectivity index (χ4n) is 3.46. The number of benzene rings is 1. The first-order chi connectivity index (χ1) is 13.2. The third kappa shape index (κ3) is 4.39. The van der Waals surface area contributed by atoms with Crippen LogP contribution in [0.2, 0.25) is 0 Å². The standard InChI is InChI=1S/C20H28N2O5S/c1-28(2,3)9-8-27-13-22-18(24)7-6-17(20(22)26)21-11-15-10-14(12-23)4-5-16(15)19(21)25/h4-5,10,17,23H,6-9,11-13H2,1-3H3. The molecule has 7 nitrogen and oxygen atoms in total. The maximum atomic E-state index is 12.9. The highest BCUT2D eigenvalue weighted by molar-refractivity contribution is 8.32. The highest BCUT2D eigenvalue weighted by Gasteiger charge is 2.42. The van der Waals surface area contributed by atoms with Crippen LogP contribution >= 0.6 is 10.0 Å². The van der Waals surface area contributed by atoms with Gasteiger partial charge in [-0.1, -0.05) is 12.1 Å². The van der Waals surface area contributed by atoms with Crippen LogP contribution in [0.25, 0.3) is 0 Å². The molecule has 2 aliphatic heterocycles. The Morgan fingerprint density at radius 1 is 1.21 bits per heavy atom. The molecule has 1 atom stereocenters. The van der Waals surface area contributed by atoms with Crippen LogP contribution in [0.15, 0.2) is 18.2 Å². The molecule has 0 aromatic heterocycles. The quantitative estimate of drug-likeness (QED) is 0.543. The van der Waals surface area contributed by atoms with Crippen LogP contribution in [-0.4, -0.2) is 76.5 Å². The van der Waals surface area contributed by atoms with Gasteiger partial charge in [0.25, 0.3) is 11.8 Å².